The molecule has 0 spiro atoms. The highest BCUT2D eigenvalue weighted by Gasteiger charge is 2.24. The van der Waals surface area contributed by atoms with E-state index in [9.17, 15) is 9.59 Å². The zero-order chi connectivity index (χ0) is 18.7. The molecule has 9 nitrogen and oxygen atoms in total. The van der Waals surface area contributed by atoms with Crippen LogP contribution < -0.4 is 10.2 Å². The number of nitrogens with one attached hydrogen (secondary N) is 1. The van der Waals surface area contributed by atoms with Crippen LogP contribution in [0.2, 0.25) is 0 Å². The van der Waals surface area contributed by atoms with Crippen LogP contribution in [-0.2, 0) is 9.59 Å². The summed E-state index contributed by atoms with van der Waals surface area (Å²) in [5.74, 6) is 1.33. The largest absolute Gasteiger partial charge is 0.353 e. The third-order valence-corrected chi connectivity index (χ3v) is 4.79. The lowest BCUT2D eigenvalue weighted by molar-refractivity contribution is -0.134. The summed E-state index contributed by atoms with van der Waals surface area (Å²) in [6.07, 6.45) is 2.26. The number of rotatable bonds is 5. The Hall–Kier alpha value is -2.71. The van der Waals surface area contributed by atoms with Crippen LogP contribution in [0, 0.1) is 12.8 Å². The van der Waals surface area contributed by atoms with Crippen molar-refractivity contribution in [1.29, 1.82) is 0 Å². The highest BCUT2D eigenvalue weighted by atomic mass is 16.2. The quantitative estimate of drug-likeness (QED) is 0.822. The van der Waals surface area contributed by atoms with E-state index in [-0.39, 0.29) is 24.3 Å². The molecule has 0 aromatic carbocycles. The van der Waals surface area contributed by atoms with Gasteiger partial charge in [-0.25, -0.2) is 4.98 Å². The molecule has 1 N–H and O–H groups in total. The van der Waals surface area contributed by atoms with Crippen LogP contribution >= 0.6 is 0 Å². The van der Waals surface area contributed by atoms with Gasteiger partial charge >= 0.3 is 0 Å². The Balaban J connectivity index is 1.58. The SMILES string of the molecule is CCC(C)C(=O)NCC(=O)N1CCN(c2cc(C)nc3ncnn23)CC1. The molecule has 2 aromatic rings. The first-order valence-electron chi connectivity index (χ1n) is 8.97. The van der Waals surface area contributed by atoms with Gasteiger partial charge in [0.05, 0.1) is 6.54 Å². The van der Waals surface area contributed by atoms with E-state index in [4.69, 9.17) is 0 Å². The maximum Gasteiger partial charge on any atom is 0.254 e. The third kappa shape index (κ3) is 3.76. The van der Waals surface area contributed by atoms with Gasteiger partial charge in [0.15, 0.2) is 0 Å². The maximum atomic E-state index is 12.3. The fourth-order valence-corrected chi connectivity index (χ4v) is 2.96. The molecule has 1 saturated heterocycles. The molecular formula is C17H25N7O2. The van der Waals surface area contributed by atoms with E-state index in [0.717, 1.165) is 17.9 Å². The second-order valence-electron chi connectivity index (χ2n) is 6.62. The minimum Gasteiger partial charge on any atom is -0.353 e. The fourth-order valence-electron chi connectivity index (χ4n) is 2.96. The van der Waals surface area contributed by atoms with Crippen LogP contribution in [0.3, 0.4) is 0 Å². The van der Waals surface area contributed by atoms with Crippen LogP contribution in [0.4, 0.5) is 5.82 Å². The predicted octanol–water partition coefficient (Wildman–Crippen LogP) is 0.244. The van der Waals surface area contributed by atoms with Gasteiger partial charge in [-0.15, -0.1) is 0 Å². The van der Waals surface area contributed by atoms with Crippen LogP contribution in [-0.4, -0.2) is 69.0 Å². The van der Waals surface area contributed by atoms with Crippen molar-refractivity contribution in [3.8, 4) is 0 Å². The molecule has 3 rings (SSSR count). The van der Waals surface area contributed by atoms with E-state index >= 15 is 0 Å². The van der Waals surface area contributed by atoms with Crippen molar-refractivity contribution in [2.75, 3.05) is 37.6 Å². The zero-order valence-corrected chi connectivity index (χ0v) is 15.5. The van der Waals surface area contributed by atoms with Crippen LogP contribution in [0.1, 0.15) is 26.0 Å². The van der Waals surface area contributed by atoms with Crippen molar-refractivity contribution >= 4 is 23.4 Å². The van der Waals surface area contributed by atoms with Gasteiger partial charge in [0.2, 0.25) is 11.8 Å². The standard InChI is InChI=1S/C17H25N7O2/c1-4-12(2)16(26)18-10-15(25)23-7-5-22(6-8-23)14-9-13(3)21-17-19-11-20-24(14)17/h9,11-12H,4-8,10H2,1-3H3,(H,18,26). The summed E-state index contributed by atoms with van der Waals surface area (Å²) in [5, 5.41) is 6.96. The van der Waals surface area contributed by atoms with Gasteiger partial charge in [-0.05, 0) is 13.3 Å². The lowest BCUT2D eigenvalue weighted by Gasteiger charge is -2.36. The molecular weight excluding hydrogens is 334 g/mol. The highest BCUT2D eigenvalue weighted by Crippen LogP contribution is 2.17. The minimum absolute atomic E-state index is 0.0434. The number of piperazine rings is 1. The topological polar surface area (TPSA) is 95.7 Å². The molecule has 1 unspecified atom stereocenters. The molecule has 0 aliphatic carbocycles. The molecule has 0 radical (unpaired) electrons. The first kappa shape index (κ1) is 18.1. The van der Waals surface area contributed by atoms with Crippen molar-refractivity contribution < 1.29 is 9.59 Å². The smallest absolute Gasteiger partial charge is 0.254 e. The van der Waals surface area contributed by atoms with E-state index in [2.05, 4.69) is 25.3 Å². The molecule has 0 saturated carbocycles. The summed E-state index contributed by atoms with van der Waals surface area (Å²) in [4.78, 5) is 36.6. The van der Waals surface area contributed by atoms with Crippen molar-refractivity contribution in [2.45, 2.75) is 27.2 Å². The summed E-state index contributed by atoms with van der Waals surface area (Å²) >= 11 is 0. The molecule has 2 amide bonds. The number of aryl methyl sites for hydroxylation is 1. The fraction of sp³-hybridized carbons (Fsp3) is 0.588. The number of carbonyl (C=O) groups excluding carboxylic acids is 2. The maximum absolute atomic E-state index is 12.3. The Bertz CT molecular complexity index is 796. The summed E-state index contributed by atoms with van der Waals surface area (Å²) in [7, 11) is 0. The van der Waals surface area contributed by atoms with Crippen molar-refractivity contribution in [3.63, 3.8) is 0 Å². The number of aromatic nitrogens is 4. The number of hydrogen-bond donors (Lipinski definition) is 1. The number of amides is 2. The third-order valence-electron chi connectivity index (χ3n) is 4.79. The monoisotopic (exact) mass is 359 g/mol. The Labute approximate surface area is 152 Å². The van der Waals surface area contributed by atoms with Crippen molar-refractivity contribution in [1.82, 2.24) is 29.8 Å². The molecule has 9 heteroatoms. The van der Waals surface area contributed by atoms with Crippen LogP contribution in [0.15, 0.2) is 12.4 Å². The molecule has 26 heavy (non-hydrogen) atoms. The van der Waals surface area contributed by atoms with E-state index in [1.165, 1.54) is 6.33 Å². The summed E-state index contributed by atoms with van der Waals surface area (Å²) in [5.41, 5.74) is 0.881. The Morgan fingerprint density at radius 2 is 2.00 bits per heavy atom. The van der Waals surface area contributed by atoms with Crippen LogP contribution in [0.25, 0.3) is 5.78 Å². The first-order valence-corrected chi connectivity index (χ1v) is 8.97. The number of anilines is 1. The molecule has 1 atom stereocenters. The van der Waals surface area contributed by atoms with Gasteiger partial charge in [0.1, 0.15) is 12.1 Å². The lowest BCUT2D eigenvalue weighted by atomic mass is 10.1. The minimum atomic E-state index is -0.0698. The predicted molar refractivity (Wildman–Crippen MR) is 96.8 cm³/mol. The molecule has 1 aliphatic heterocycles. The van der Waals surface area contributed by atoms with Gasteiger partial charge < -0.3 is 15.1 Å². The summed E-state index contributed by atoms with van der Waals surface area (Å²) in [6, 6.07) is 1.98. The summed E-state index contributed by atoms with van der Waals surface area (Å²) < 4.78 is 1.72. The van der Waals surface area contributed by atoms with E-state index in [0.29, 0.717) is 32.0 Å². The molecule has 1 aliphatic rings. The molecule has 140 valence electrons. The van der Waals surface area contributed by atoms with E-state index in [1.54, 1.807) is 9.42 Å². The van der Waals surface area contributed by atoms with Crippen molar-refractivity contribution in [2.24, 2.45) is 5.92 Å². The van der Waals surface area contributed by atoms with Gasteiger partial charge in [-0.1, -0.05) is 13.8 Å². The van der Waals surface area contributed by atoms with Gasteiger partial charge in [-0.3, -0.25) is 9.59 Å². The Morgan fingerprint density at radius 1 is 1.27 bits per heavy atom. The van der Waals surface area contributed by atoms with E-state index in [1.807, 2.05) is 26.8 Å². The van der Waals surface area contributed by atoms with Crippen LogP contribution in [0.5, 0.6) is 0 Å². The van der Waals surface area contributed by atoms with Gasteiger partial charge in [-0.2, -0.15) is 14.6 Å². The average Bonchev–Trinajstić information content (AvgIpc) is 3.12. The second kappa shape index (κ2) is 7.67. The Kier molecular flexibility index (Phi) is 5.34. The molecule has 0 bridgehead atoms. The number of carbonyl (C=O) groups is 2. The number of hydrogen-bond acceptors (Lipinski definition) is 6. The molecule has 3 heterocycles. The van der Waals surface area contributed by atoms with Crippen molar-refractivity contribution in [3.05, 3.63) is 18.1 Å². The number of nitrogens with zero attached hydrogens (tertiary/aromatic N) is 6. The van der Waals surface area contributed by atoms with Gasteiger partial charge in [0, 0.05) is 43.9 Å². The zero-order valence-electron chi connectivity index (χ0n) is 15.5. The van der Waals surface area contributed by atoms with E-state index < -0.39 is 0 Å². The number of fused-ring (bicyclic) bond motifs is 1. The first-order chi connectivity index (χ1) is 12.5. The molecule has 2 aromatic heterocycles. The highest BCUT2D eigenvalue weighted by molar-refractivity contribution is 5.85. The van der Waals surface area contributed by atoms with Gasteiger partial charge in [0.25, 0.3) is 5.78 Å². The molecule has 1 fully saturated rings. The Morgan fingerprint density at radius 3 is 2.69 bits per heavy atom. The second-order valence-corrected chi connectivity index (χ2v) is 6.62. The summed E-state index contributed by atoms with van der Waals surface area (Å²) in [6.45, 7) is 8.42. The average molecular weight is 359 g/mol. The lowest BCUT2D eigenvalue weighted by Crippen LogP contribution is -2.52. The normalized spacial score (nSPS) is 16.0.